The molecule has 2 heteroatoms. The van der Waals surface area contributed by atoms with Gasteiger partial charge in [-0.05, 0) is 26.3 Å². The summed E-state index contributed by atoms with van der Waals surface area (Å²) in [6.45, 7) is 7.50. The van der Waals surface area contributed by atoms with E-state index in [9.17, 15) is 5.11 Å². The second-order valence-electron chi connectivity index (χ2n) is 4.18. The second-order valence-corrected chi connectivity index (χ2v) is 4.18. The molecule has 0 amide bonds. The van der Waals surface area contributed by atoms with E-state index in [4.69, 9.17) is 0 Å². The Balaban J connectivity index is 2.28. The van der Waals surface area contributed by atoms with Crippen LogP contribution >= 0.6 is 0 Å². The van der Waals surface area contributed by atoms with Crippen LogP contribution in [-0.2, 0) is 0 Å². The normalized spacial score (nSPS) is 34.6. The maximum Gasteiger partial charge on any atom is 0.0682 e. The molecule has 1 unspecified atom stereocenters. The van der Waals surface area contributed by atoms with E-state index in [-0.39, 0.29) is 6.10 Å². The number of hydrogen-bond acceptors (Lipinski definition) is 2. The molecule has 0 saturated carbocycles. The van der Waals surface area contributed by atoms with Gasteiger partial charge in [-0.3, -0.25) is 4.90 Å². The highest BCUT2D eigenvalue weighted by Crippen LogP contribution is 2.34. The standard InChI is InChI=1S/C11H23NO/c1-4-6-7-10-11(9(3)13)12(10)8-5-2/h9-11,13H,4-8H2,1-3H3/t9-,10+,11-,12?/m1/s1. The van der Waals surface area contributed by atoms with Gasteiger partial charge in [0.1, 0.15) is 0 Å². The van der Waals surface area contributed by atoms with Crippen LogP contribution in [0.2, 0.25) is 0 Å². The van der Waals surface area contributed by atoms with Crippen molar-refractivity contribution in [2.75, 3.05) is 6.54 Å². The van der Waals surface area contributed by atoms with E-state index in [0.717, 1.165) is 6.54 Å². The van der Waals surface area contributed by atoms with Gasteiger partial charge < -0.3 is 5.11 Å². The third-order valence-electron chi connectivity index (χ3n) is 2.94. The smallest absolute Gasteiger partial charge is 0.0682 e. The number of nitrogens with zero attached hydrogens (tertiary/aromatic N) is 1. The first-order chi connectivity index (χ1) is 6.22. The monoisotopic (exact) mass is 185 g/mol. The number of rotatable bonds is 6. The topological polar surface area (TPSA) is 23.2 Å². The van der Waals surface area contributed by atoms with Gasteiger partial charge in [0.2, 0.25) is 0 Å². The predicted molar refractivity (Wildman–Crippen MR) is 55.8 cm³/mol. The van der Waals surface area contributed by atoms with E-state index < -0.39 is 0 Å². The molecule has 0 radical (unpaired) electrons. The molecule has 13 heavy (non-hydrogen) atoms. The highest BCUT2D eigenvalue weighted by molar-refractivity contribution is 5.04. The molecule has 1 heterocycles. The van der Waals surface area contributed by atoms with Crippen LogP contribution in [0.3, 0.4) is 0 Å². The quantitative estimate of drug-likeness (QED) is 0.640. The molecule has 0 aliphatic carbocycles. The molecular formula is C11H23NO. The van der Waals surface area contributed by atoms with E-state index >= 15 is 0 Å². The van der Waals surface area contributed by atoms with Gasteiger partial charge in [0.15, 0.2) is 0 Å². The molecule has 2 nitrogen and oxygen atoms in total. The minimum absolute atomic E-state index is 0.145. The van der Waals surface area contributed by atoms with Crippen molar-refractivity contribution in [3.63, 3.8) is 0 Å². The number of aliphatic hydroxyl groups excluding tert-OH is 1. The van der Waals surface area contributed by atoms with Gasteiger partial charge in [-0.2, -0.15) is 0 Å². The Morgan fingerprint density at radius 1 is 1.31 bits per heavy atom. The SMILES string of the molecule is CCCC[C@H]1[C@@H]([C@@H](C)O)N1CCC. The van der Waals surface area contributed by atoms with Crippen LogP contribution < -0.4 is 0 Å². The average molecular weight is 185 g/mol. The lowest BCUT2D eigenvalue weighted by Gasteiger charge is -2.02. The summed E-state index contributed by atoms with van der Waals surface area (Å²) < 4.78 is 0. The van der Waals surface area contributed by atoms with Crippen LogP contribution in [0, 0.1) is 0 Å². The van der Waals surface area contributed by atoms with Gasteiger partial charge in [0.05, 0.1) is 12.1 Å². The Labute approximate surface area is 81.9 Å². The fourth-order valence-electron chi connectivity index (χ4n) is 2.28. The number of unbranched alkanes of at least 4 members (excludes halogenated alkanes) is 1. The molecule has 1 fully saturated rings. The van der Waals surface area contributed by atoms with Crippen molar-refractivity contribution in [1.82, 2.24) is 4.90 Å². The van der Waals surface area contributed by atoms with Crippen LogP contribution in [0.5, 0.6) is 0 Å². The highest BCUT2D eigenvalue weighted by atomic mass is 16.3. The van der Waals surface area contributed by atoms with Crippen LogP contribution in [0.1, 0.15) is 46.5 Å². The lowest BCUT2D eigenvalue weighted by molar-refractivity contribution is 0.174. The third-order valence-corrected chi connectivity index (χ3v) is 2.94. The Morgan fingerprint density at radius 3 is 2.46 bits per heavy atom. The van der Waals surface area contributed by atoms with Crippen LogP contribution in [-0.4, -0.2) is 34.7 Å². The van der Waals surface area contributed by atoms with Gasteiger partial charge in [-0.1, -0.05) is 26.7 Å². The Bertz CT molecular complexity index is 147. The lowest BCUT2D eigenvalue weighted by Crippen LogP contribution is -2.15. The minimum atomic E-state index is -0.145. The summed E-state index contributed by atoms with van der Waals surface area (Å²) in [6, 6.07) is 1.14. The largest absolute Gasteiger partial charge is 0.392 e. The maximum absolute atomic E-state index is 9.52. The fourth-order valence-corrected chi connectivity index (χ4v) is 2.28. The molecule has 0 bridgehead atoms. The van der Waals surface area contributed by atoms with Crippen molar-refractivity contribution in [1.29, 1.82) is 0 Å². The summed E-state index contributed by atoms with van der Waals surface area (Å²) in [5.41, 5.74) is 0. The molecule has 0 aromatic heterocycles. The molecule has 1 saturated heterocycles. The Hall–Kier alpha value is -0.0800. The average Bonchev–Trinajstić information content (AvgIpc) is 2.76. The second kappa shape index (κ2) is 4.97. The zero-order valence-corrected chi connectivity index (χ0v) is 9.16. The minimum Gasteiger partial charge on any atom is -0.392 e. The Kier molecular flexibility index (Phi) is 4.20. The van der Waals surface area contributed by atoms with Gasteiger partial charge in [0.25, 0.3) is 0 Å². The zero-order chi connectivity index (χ0) is 9.84. The predicted octanol–water partition coefficient (Wildman–Crippen LogP) is 2.02. The summed E-state index contributed by atoms with van der Waals surface area (Å²) in [5.74, 6) is 0. The first-order valence-electron chi connectivity index (χ1n) is 5.66. The van der Waals surface area contributed by atoms with E-state index in [1.54, 1.807) is 0 Å². The maximum atomic E-state index is 9.52. The third kappa shape index (κ3) is 2.68. The summed E-state index contributed by atoms with van der Waals surface area (Å²) in [6.07, 6.45) is 4.89. The first kappa shape index (κ1) is 11.0. The summed E-state index contributed by atoms with van der Waals surface area (Å²) >= 11 is 0. The summed E-state index contributed by atoms with van der Waals surface area (Å²) in [4.78, 5) is 2.44. The van der Waals surface area contributed by atoms with Crippen molar-refractivity contribution < 1.29 is 5.11 Å². The molecular weight excluding hydrogens is 162 g/mol. The van der Waals surface area contributed by atoms with Crippen LogP contribution in [0.4, 0.5) is 0 Å². The molecule has 1 N–H and O–H groups in total. The molecule has 1 aliphatic heterocycles. The fraction of sp³-hybridized carbons (Fsp3) is 1.00. The first-order valence-corrected chi connectivity index (χ1v) is 5.66. The van der Waals surface area contributed by atoms with Crippen molar-refractivity contribution in [2.24, 2.45) is 0 Å². The van der Waals surface area contributed by atoms with Crippen LogP contribution in [0.15, 0.2) is 0 Å². The van der Waals surface area contributed by atoms with E-state index in [0.29, 0.717) is 12.1 Å². The molecule has 1 rings (SSSR count). The van der Waals surface area contributed by atoms with Crippen molar-refractivity contribution >= 4 is 0 Å². The van der Waals surface area contributed by atoms with Crippen molar-refractivity contribution in [2.45, 2.75) is 64.6 Å². The summed E-state index contributed by atoms with van der Waals surface area (Å²) in [5, 5.41) is 9.52. The molecule has 1 aliphatic rings. The number of hydrogen-bond donors (Lipinski definition) is 1. The van der Waals surface area contributed by atoms with Gasteiger partial charge in [0, 0.05) is 6.04 Å². The van der Waals surface area contributed by atoms with Gasteiger partial charge in [-0.15, -0.1) is 0 Å². The zero-order valence-electron chi connectivity index (χ0n) is 9.16. The molecule has 0 spiro atoms. The van der Waals surface area contributed by atoms with Crippen LogP contribution in [0.25, 0.3) is 0 Å². The van der Waals surface area contributed by atoms with Crippen molar-refractivity contribution in [3.8, 4) is 0 Å². The lowest BCUT2D eigenvalue weighted by atomic mass is 10.1. The number of aliphatic hydroxyl groups is 1. The van der Waals surface area contributed by atoms with E-state index in [2.05, 4.69) is 18.7 Å². The molecule has 78 valence electrons. The van der Waals surface area contributed by atoms with Crippen molar-refractivity contribution in [3.05, 3.63) is 0 Å². The highest BCUT2D eigenvalue weighted by Gasteiger charge is 2.48. The van der Waals surface area contributed by atoms with Gasteiger partial charge >= 0.3 is 0 Å². The van der Waals surface area contributed by atoms with E-state index in [1.807, 2.05) is 6.92 Å². The van der Waals surface area contributed by atoms with E-state index in [1.165, 1.54) is 25.7 Å². The molecule has 4 atom stereocenters. The molecule has 0 aromatic carbocycles. The molecule has 0 aromatic rings. The summed E-state index contributed by atoms with van der Waals surface area (Å²) in [7, 11) is 0. The van der Waals surface area contributed by atoms with Gasteiger partial charge in [-0.25, -0.2) is 0 Å². The Morgan fingerprint density at radius 2 is 2.00 bits per heavy atom.